The van der Waals surface area contributed by atoms with Crippen LogP contribution in [0.4, 0.5) is 0 Å². The van der Waals surface area contributed by atoms with Crippen LogP contribution in [0.2, 0.25) is 0 Å². The molecule has 1 aliphatic rings. The third-order valence-electron chi connectivity index (χ3n) is 4.73. The topological polar surface area (TPSA) is 84.4 Å². The van der Waals surface area contributed by atoms with E-state index in [4.69, 9.17) is 9.40 Å². The second-order valence-corrected chi connectivity index (χ2v) is 6.28. The fraction of sp³-hybridized carbons (Fsp3) is 0.389. The molecular weight excluding hydrogens is 320 g/mol. The second kappa shape index (κ2) is 6.78. The maximum Gasteiger partial charge on any atom is 0.261 e. The zero-order valence-corrected chi connectivity index (χ0v) is 13.8. The minimum Gasteiger partial charge on any atom is -0.451 e. The van der Waals surface area contributed by atoms with Gasteiger partial charge in [-0.25, -0.2) is 9.97 Å². The number of likely N-dealkylation sites (tertiary alicyclic amines) is 1. The fourth-order valence-corrected chi connectivity index (χ4v) is 3.59. The first-order valence-electron chi connectivity index (χ1n) is 8.49. The summed E-state index contributed by atoms with van der Waals surface area (Å²) in [7, 11) is 0. The molecule has 1 N–H and O–H groups in total. The Hall–Kier alpha value is -2.51. The third-order valence-corrected chi connectivity index (χ3v) is 4.73. The number of benzene rings is 1. The fourth-order valence-electron chi connectivity index (χ4n) is 3.59. The summed E-state index contributed by atoms with van der Waals surface area (Å²) in [6.45, 7) is 1.73. The predicted molar refractivity (Wildman–Crippen MR) is 92.0 cm³/mol. The molecule has 25 heavy (non-hydrogen) atoms. The lowest BCUT2D eigenvalue weighted by Crippen LogP contribution is -2.33. The molecule has 4 rings (SSSR count). The van der Waals surface area contributed by atoms with E-state index in [9.17, 15) is 9.90 Å². The maximum absolute atomic E-state index is 12.9. The molecule has 2 aromatic heterocycles. The summed E-state index contributed by atoms with van der Waals surface area (Å²) >= 11 is 0. The second-order valence-electron chi connectivity index (χ2n) is 6.28. The molecule has 130 valence electrons. The summed E-state index contributed by atoms with van der Waals surface area (Å²) in [5, 5.41) is 10.0. The van der Waals surface area contributed by atoms with E-state index in [0.29, 0.717) is 17.4 Å². The summed E-state index contributed by atoms with van der Waals surface area (Å²) in [5.41, 5.74) is 1.47. The largest absolute Gasteiger partial charge is 0.451 e. The molecule has 1 atom stereocenters. The quantitative estimate of drug-likeness (QED) is 0.761. The first kappa shape index (κ1) is 16.0. The number of hydrogen-bond acceptors (Lipinski definition) is 6. The van der Waals surface area contributed by atoms with Crippen molar-refractivity contribution in [2.75, 3.05) is 13.2 Å². The molecule has 7 heteroatoms. The molecule has 0 saturated carbocycles. The molecule has 1 unspecified atom stereocenters. The number of aromatic nitrogens is 3. The van der Waals surface area contributed by atoms with E-state index >= 15 is 0 Å². The SMILES string of the molecule is O=c1c2ccccc2nc(C2CCCN2Cc2cocn2)n1CCO. The molecule has 1 aliphatic heterocycles. The Morgan fingerprint density at radius 2 is 2.20 bits per heavy atom. The average Bonchev–Trinajstić information content (AvgIpc) is 3.30. The van der Waals surface area contributed by atoms with Crippen molar-refractivity contribution < 1.29 is 9.52 Å². The van der Waals surface area contributed by atoms with Crippen LogP contribution in [0.25, 0.3) is 10.9 Å². The average molecular weight is 340 g/mol. The number of para-hydroxylation sites is 1. The predicted octanol–water partition coefficient (Wildman–Crippen LogP) is 1.71. The van der Waals surface area contributed by atoms with Crippen molar-refractivity contribution in [3.63, 3.8) is 0 Å². The van der Waals surface area contributed by atoms with Gasteiger partial charge in [-0.15, -0.1) is 0 Å². The summed E-state index contributed by atoms with van der Waals surface area (Å²) in [6, 6.07) is 7.39. The monoisotopic (exact) mass is 340 g/mol. The number of nitrogens with zero attached hydrogens (tertiary/aromatic N) is 4. The Labute approximate surface area is 144 Å². The molecule has 0 amide bonds. The normalized spacial score (nSPS) is 18.2. The van der Waals surface area contributed by atoms with E-state index in [-0.39, 0.29) is 24.8 Å². The molecule has 7 nitrogen and oxygen atoms in total. The third kappa shape index (κ3) is 2.96. The molecule has 0 aliphatic carbocycles. The lowest BCUT2D eigenvalue weighted by Gasteiger charge is -2.25. The van der Waals surface area contributed by atoms with Gasteiger partial charge in [0.15, 0.2) is 6.39 Å². The molecule has 3 heterocycles. The highest BCUT2D eigenvalue weighted by atomic mass is 16.3. The van der Waals surface area contributed by atoms with E-state index in [0.717, 1.165) is 30.9 Å². The molecule has 0 radical (unpaired) electrons. The van der Waals surface area contributed by atoms with Crippen molar-refractivity contribution >= 4 is 10.9 Å². The van der Waals surface area contributed by atoms with Crippen molar-refractivity contribution in [1.29, 1.82) is 0 Å². The van der Waals surface area contributed by atoms with Crippen LogP contribution in [0.15, 0.2) is 46.1 Å². The highest BCUT2D eigenvalue weighted by Gasteiger charge is 2.30. The summed E-state index contributed by atoms with van der Waals surface area (Å²) < 4.78 is 6.68. The Bertz CT molecular complexity index is 920. The molecule has 0 spiro atoms. The summed E-state index contributed by atoms with van der Waals surface area (Å²) in [6.07, 6.45) is 5.03. The summed E-state index contributed by atoms with van der Waals surface area (Å²) in [4.78, 5) is 24.1. The zero-order chi connectivity index (χ0) is 17.2. The van der Waals surface area contributed by atoms with Gasteiger partial charge in [-0.2, -0.15) is 0 Å². The van der Waals surface area contributed by atoms with Gasteiger partial charge in [0.2, 0.25) is 0 Å². The number of aliphatic hydroxyl groups excluding tert-OH is 1. The Morgan fingerprint density at radius 3 is 3.00 bits per heavy atom. The van der Waals surface area contributed by atoms with Crippen LogP contribution in [-0.2, 0) is 13.1 Å². The van der Waals surface area contributed by atoms with Gasteiger partial charge in [-0.3, -0.25) is 14.3 Å². The van der Waals surface area contributed by atoms with Crippen LogP contribution >= 0.6 is 0 Å². The van der Waals surface area contributed by atoms with Gasteiger partial charge in [0.1, 0.15) is 12.1 Å². The first-order valence-corrected chi connectivity index (χ1v) is 8.49. The number of aliphatic hydroxyl groups is 1. The lowest BCUT2D eigenvalue weighted by molar-refractivity contribution is 0.221. The van der Waals surface area contributed by atoms with Crippen LogP contribution < -0.4 is 5.56 Å². The van der Waals surface area contributed by atoms with Gasteiger partial charge in [0.25, 0.3) is 5.56 Å². The van der Waals surface area contributed by atoms with Gasteiger partial charge in [-0.1, -0.05) is 12.1 Å². The van der Waals surface area contributed by atoms with E-state index in [1.807, 2.05) is 18.2 Å². The van der Waals surface area contributed by atoms with Gasteiger partial charge >= 0.3 is 0 Å². The number of rotatable bonds is 5. The van der Waals surface area contributed by atoms with Crippen molar-refractivity contribution in [3.8, 4) is 0 Å². The number of hydrogen-bond donors (Lipinski definition) is 1. The van der Waals surface area contributed by atoms with Crippen LogP contribution in [0.5, 0.6) is 0 Å². The molecular formula is C18H20N4O3. The van der Waals surface area contributed by atoms with E-state index in [2.05, 4.69) is 9.88 Å². The Kier molecular flexibility index (Phi) is 4.33. The molecule has 1 aromatic carbocycles. The van der Waals surface area contributed by atoms with Crippen LogP contribution in [0, 0.1) is 0 Å². The molecule has 0 bridgehead atoms. The van der Waals surface area contributed by atoms with E-state index in [1.54, 1.807) is 16.9 Å². The molecule has 3 aromatic rings. The van der Waals surface area contributed by atoms with Gasteiger partial charge in [0.05, 0.1) is 35.8 Å². The van der Waals surface area contributed by atoms with Crippen molar-refractivity contribution in [1.82, 2.24) is 19.4 Å². The van der Waals surface area contributed by atoms with Crippen molar-refractivity contribution in [3.05, 3.63) is 58.8 Å². The first-order chi connectivity index (χ1) is 12.3. The van der Waals surface area contributed by atoms with E-state index in [1.165, 1.54) is 6.39 Å². The Morgan fingerprint density at radius 1 is 1.32 bits per heavy atom. The van der Waals surface area contributed by atoms with Crippen molar-refractivity contribution in [2.45, 2.75) is 32.0 Å². The molecule has 1 saturated heterocycles. The smallest absolute Gasteiger partial charge is 0.261 e. The van der Waals surface area contributed by atoms with Crippen LogP contribution in [-0.4, -0.2) is 37.7 Å². The zero-order valence-electron chi connectivity index (χ0n) is 13.8. The maximum atomic E-state index is 12.9. The number of oxazole rings is 1. The standard InChI is InChI=1S/C18H20N4O3/c23-9-8-22-17(20-15-5-2-1-4-14(15)18(22)24)16-6-3-7-21(16)10-13-11-25-12-19-13/h1-2,4-5,11-12,16,23H,3,6-10H2. The Balaban J connectivity index is 1.78. The van der Waals surface area contributed by atoms with E-state index < -0.39 is 0 Å². The van der Waals surface area contributed by atoms with Gasteiger partial charge < -0.3 is 9.52 Å². The van der Waals surface area contributed by atoms with Gasteiger partial charge in [0, 0.05) is 6.54 Å². The van der Waals surface area contributed by atoms with Crippen molar-refractivity contribution in [2.24, 2.45) is 0 Å². The lowest BCUT2D eigenvalue weighted by atomic mass is 10.1. The van der Waals surface area contributed by atoms with Gasteiger partial charge in [-0.05, 0) is 31.5 Å². The highest BCUT2D eigenvalue weighted by molar-refractivity contribution is 5.77. The molecule has 1 fully saturated rings. The minimum atomic E-state index is -0.0945. The highest BCUT2D eigenvalue weighted by Crippen LogP contribution is 2.32. The minimum absolute atomic E-state index is 0.0283. The number of fused-ring (bicyclic) bond motifs is 1. The summed E-state index contributed by atoms with van der Waals surface area (Å²) in [5.74, 6) is 0.721. The van der Waals surface area contributed by atoms with Crippen LogP contribution in [0.1, 0.15) is 30.4 Å². The van der Waals surface area contributed by atoms with Crippen LogP contribution in [0.3, 0.4) is 0 Å².